The summed E-state index contributed by atoms with van der Waals surface area (Å²) in [6, 6.07) is 11.4. The summed E-state index contributed by atoms with van der Waals surface area (Å²) in [5, 5.41) is 2.55. The number of likely N-dealkylation sites (tertiary alicyclic amines) is 1. The van der Waals surface area contributed by atoms with E-state index >= 15 is 0 Å². The van der Waals surface area contributed by atoms with Gasteiger partial charge >= 0.3 is 6.03 Å². The van der Waals surface area contributed by atoms with Crippen LogP contribution in [0.25, 0.3) is 0 Å². The smallest absolute Gasteiger partial charge is 0.318 e. The zero-order chi connectivity index (χ0) is 24.0. The van der Waals surface area contributed by atoms with Crippen molar-refractivity contribution >= 4 is 6.03 Å². The first-order valence-electron chi connectivity index (χ1n) is 11.2. The minimum absolute atomic E-state index is 0.0567. The van der Waals surface area contributed by atoms with E-state index in [1.807, 2.05) is 24.3 Å². The predicted molar refractivity (Wildman–Crippen MR) is 122 cm³/mol. The molecule has 180 valence electrons. The first kappa shape index (κ1) is 24.9. The average molecular weight is 464 g/mol. The standard InChI is InChI=1S/C25H32F3N3O2/c1-17(2)16-33-21-10-6-19(7-11-21)13-31(12-18-4-8-20(26)9-5-18)25(32)29-24-22(27)14-30(3)15-23(24)28/h4-11,17,22-24H,12-16H2,1-3H3,(H,29,32)/t22-,23+,24-. The highest BCUT2D eigenvalue weighted by Gasteiger charge is 2.38. The molecule has 1 aliphatic rings. The molecule has 0 spiro atoms. The molecule has 3 rings (SSSR count). The Morgan fingerprint density at radius 2 is 1.55 bits per heavy atom. The van der Waals surface area contributed by atoms with Gasteiger partial charge in [0.25, 0.3) is 0 Å². The van der Waals surface area contributed by atoms with Crippen molar-refractivity contribution in [1.82, 2.24) is 15.1 Å². The monoisotopic (exact) mass is 463 g/mol. The lowest BCUT2D eigenvalue weighted by Crippen LogP contribution is -2.60. The van der Waals surface area contributed by atoms with Crippen LogP contribution in [-0.4, -0.2) is 61.0 Å². The lowest BCUT2D eigenvalue weighted by atomic mass is 10.0. The number of amides is 2. The first-order valence-corrected chi connectivity index (χ1v) is 11.2. The van der Waals surface area contributed by atoms with Gasteiger partial charge in [0.05, 0.1) is 12.6 Å². The van der Waals surface area contributed by atoms with Gasteiger partial charge in [0.2, 0.25) is 0 Å². The van der Waals surface area contributed by atoms with Crippen molar-refractivity contribution in [2.24, 2.45) is 5.92 Å². The van der Waals surface area contributed by atoms with E-state index in [-0.39, 0.29) is 32.0 Å². The van der Waals surface area contributed by atoms with Gasteiger partial charge in [-0.05, 0) is 48.4 Å². The molecule has 0 aromatic heterocycles. The van der Waals surface area contributed by atoms with E-state index in [1.54, 1.807) is 24.1 Å². The molecule has 0 unspecified atom stereocenters. The number of hydrogen-bond donors (Lipinski definition) is 1. The number of ether oxygens (including phenoxy) is 1. The van der Waals surface area contributed by atoms with Gasteiger partial charge in [0.1, 0.15) is 23.9 Å². The number of carbonyl (C=O) groups is 1. The van der Waals surface area contributed by atoms with Crippen molar-refractivity contribution in [2.75, 3.05) is 26.7 Å². The van der Waals surface area contributed by atoms with Crippen LogP contribution in [0.3, 0.4) is 0 Å². The summed E-state index contributed by atoms with van der Waals surface area (Å²) in [6.45, 7) is 5.22. The van der Waals surface area contributed by atoms with Crippen LogP contribution in [0.15, 0.2) is 48.5 Å². The fourth-order valence-corrected chi connectivity index (χ4v) is 3.72. The zero-order valence-corrected chi connectivity index (χ0v) is 19.3. The summed E-state index contributed by atoms with van der Waals surface area (Å²) in [7, 11) is 1.65. The van der Waals surface area contributed by atoms with Gasteiger partial charge in [-0.2, -0.15) is 0 Å². The van der Waals surface area contributed by atoms with Crippen molar-refractivity contribution in [3.8, 4) is 5.75 Å². The maximum absolute atomic E-state index is 14.5. The molecule has 1 heterocycles. The Balaban J connectivity index is 1.73. The van der Waals surface area contributed by atoms with E-state index in [0.29, 0.717) is 18.1 Å². The second-order valence-corrected chi connectivity index (χ2v) is 9.06. The largest absolute Gasteiger partial charge is 0.493 e. The molecule has 5 nitrogen and oxygen atoms in total. The minimum atomic E-state index is -1.51. The number of nitrogens with zero attached hydrogens (tertiary/aromatic N) is 2. The Hall–Kier alpha value is -2.74. The summed E-state index contributed by atoms with van der Waals surface area (Å²) in [5.41, 5.74) is 1.54. The predicted octanol–water partition coefficient (Wildman–Crippen LogP) is 4.56. The van der Waals surface area contributed by atoms with Crippen LogP contribution in [-0.2, 0) is 13.1 Å². The maximum atomic E-state index is 14.5. The van der Waals surface area contributed by atoms with Crippen molar-refractivity contribution in [2.45, 2.75) is 45.3 Å². The molecular weight excluding hydrogens is 431 g/mol. The lowest BCUT2D eigenvalue weighted by Gasteiger charge is -2.36. The van der Waals surface area contributed by atoms with Crippen molar-refractivity contribution in [3.05, 3.63) is 65.5 Å². The average Bonchev–Trinajstić information content (AvgIpc) is 2.76. The third-order valence-corrected chi connectivity index (χ3v) is 5.50. The number of hydrogen-bond acceptors (Lipinski definition) is 3. The summed E-state index contributed by atoms with van der Waals surface area (Å²) >= 11 is 0. The molecule has 2 aromatic rings. The quantitative estimate of drug-likeness (QED) is 0.624. The van der Waals surface area contributed by atoms with Gasteiger partial charge in [0, 0.05) is 26.2 Å². The number of piperidine rings is 1. The van der Waals surface area contributed by atoms with Gasteiger partial charge in [-0.3, -0.25) is 0 Å². The topological polar surface area (TPSA) is 44.8 Å². The highest BCUT2D eigenvalue weighted by atomic mass is 19.1. The van der Waals surface area contributed by atoms with Gasteiger partial charge in [-0.1, -0.05) is 38.1 Å². The molecule has 8 heteroatoms. The van der Waals surface area contributed by atoms with Crippen molar-refractivity contribution < 1.29 is 22.7 Å². The maximum Gasteiger partial charge on any atom is 0.318 e. The highest BCUT2D eigenvalue weighted by Crippen LogP contribution is 2.19. The number of carbonyl (C=O) groups excluding carboxylic acids is 1. The number of urea groups is 1. The Morgan fingerprint density at radius 1 is 1.03 bits per heavy atom. The van der Waals surface area contributed by atoms with Crippen LogP contribution in [0.2, 0.25) is 0 Å². The summed E-state index contributed by atoms with van der Waals surface area (Å²) < 4.78 is 48.0. The van der Waals surface area contributed by atoms with Crippen molar-refractivity contribution in [3.63, 3.8) is 0 Å². The third-order valence-electron chi connectivity index (χ3n) is 5.50. The van der Waals surface area contributed by atoms with E-state index in [1.165, 1.54) is 17.0 Å². The Bertz CT molecular complexity index is 881. The Morgan fingerprint density at radius 3 is 2.06 bits per heavy atom. The van der Waals surface area contributed by atoms with Crippen LogP contribution in [0.5, 0.6) is 5.75 Å². The van der Waals surface area contributed by atoms with Crippen LogP contribution in [0.1, 0.15) is 25.0 Å². The first-order chi connectivity index (χ1) is 15.7. The molecule has 0 aliphatic carbocycles. The van der Waals surface area contributed by atoms with Crippen LogP contribution in [0, 0.1) is 11.7 Å². The van der Waals surface area contributed by atoms with Crippen molar-refractivity contribution in [1.29, 1.82) is 0 Å². The molecule has 0 radical (unpaired) electrons. The second kappa shape index (κ2) is 11.4. The molecule has 1 N–H and O–H groups in total. The molecule has 1 saturated heterocycles. The lowest BCUT2D eigenvalue weighted by molar-refractivity contribution is 0.0524. The minimum Gasteiger partial charge on any atom is -0.493 e. The number of rotatable bonds is 8. The number of halogens is 3. The van der Waals surface area contributed by atoms with Crippen LogP contribution < -0.4 is 10.1 Å². The van der Waals surface area contributed by atoms with Gasteiger partial charge in [0.15, 0.2) is 0 Å². The highest BCUT2D eigenvalue weighted by molar-refractivity contribution is 5.74. The zero-order valence-electron chi connectivity index (χ0n) is 19.3. The van der Waals surface area contributed by atoms with Gasteiger partial charge in [-0.15, -0.1) is 0 Å². The fraction of sp³-hybridized carbons (Fsp3) is 0.480. The molecule has 1 aliphatic heterocycles. The number of benzene rings is 2. The van der Waals surface area contributed by atoms with E-state index in [0.717, 1.165) is 11.3 Å². The molecule has 2 aromatic carbocycles. The molecule has 0 bridgehead atoms. The Kier molecular flexibility index (Phi) is 8.61. The molecule has 33 heavy (non-hydrogen) atoms. The Labute approximate surface area is 193 Å². The summed E-state index contributed by atoms with van der Waals surface area (Å²) in [6.07, 6.45) is -3.01. The van der Waals surface area contributed by atoms with Crippen LogP contribution >= 0.6 is 0 Å². The van der Waals surface area contributed by atoms with E-state index in [9.17, 15) is 18.0 Å². The van der Waals surface area contributed by atoms with Gasteiger partial charge in [-0.25, -0.2) is 18.0 Å². The number of nitrogens with one attached hydrogen (secondary N) is 1. The van der Waals surface area contributed by atoms with Crippen LogP contribution in [0.4, 0.5) is 18.0 Å². The molecular formula is C25H32F3N3O2. The van der Waals surface area contributed by atoms with E-state index < -0.39 is 24.4 Å². The molecule has 2 amide bonds. The summed E-state index contributed by atoms with van der Waals surface area (Å²) in [4.78, 5) is 16.1. The second-order valence-electron chi connectivity index (χ2n) is 9.06. The SMILES string of the molecule is CC(C)COc1ccc(CN(Cc2ccc(F)cc2)C(=O)N[C@@H]2[C@H](F)CN(C)C[C@@H]2F)cc1. The van der Waals surface area contributed by atoms with Gasteiger partial charge < -0.3 is 19.9 Å². The molecule has 0 saturated carbocycles. The normalized spacial score (nSPS) is 21.1. The number of alkyl halides is 2. The third kappa shape index (κ3) is 7.39. The summed E-state index contributed by atoms with van der Waals surface area (Å²) in [5.74, 6) is 0.755. The van der Waals surface area contributed by atoms with E-state index in [4.69, 9.17) is 4.74 Å². The van der Waals surface area contributed by atoms with E-state index in [2.05, 4.69) is 19.2 Å². The molecule has 1 fully saturated rings. The fourth-order valence-electron chi connectivity index (χ4n) is 3.72. The molecule has 3 atom stereocenters.